The molecule has 19 heavy (non-hydrogen) atoms. The summed E-state index contributed by atoms with van der Waals surface area (Å²) in [6, 6.07) is 14.3. The number of rotatable bonds is 4. The summed E-state index contributed by atoms with van der Waals surface area (Å²) in [6.07, 6.45) is 0. The second-order valence-corrected chi connectivity index (χ2v) is 5.35. The van der Waals surface area contributed by atoms with Gasteiger partial charge in [-0.25, -0.2) is 0 Å². The fourth-order valence-electron chi connectivity index (χ4n) is 2.03. The number of hydrogen-bond acceptors (Lipinski definition) is 1. The topological polar surface area (TPSA) is 9.23 Å². The second-order valence-electron chi connectivity index (χ2n) is 5.08. The van der Waals surface area contributed by atoms with Gasteiger partial charge in [-0.2, -0.15) is 0 Å². The lowest BCUT2D eigenvalue weighted by atomic mass is 10.0. The van der Waals surface area contributed by atoms with E-state index in [1.165, 1.54) is 11.1 Å². The zero-order valence-electron chi connectivity index (χ0n) is 11.6. The Balaban J connectivity index is 2.33. The second kappa shape index (κ2) is 6.12. The fourth-order valence-corrected chi connectivity index (χ4v) is 2.19. The van der Waals surface area contributed by atoms with Crippen molar-refractivity contribution in [3.63, 3.8) is 0 Å². The minimum Gasteiger partial charge on any atom is -0.457 e. The Kier molecular flexibility index (Phi) is 4.49. The molecule has 0 spiro atoms. The van der Waals surface area contributed by atoms with Crippen LogP contribution in [0.3, 0.4) is 0 Å². The summed E-state index contributed by atoms with van der Waals surface area (Å²) in [5.41, 5.74) is 3.49. The van der Waals surface area contributed by atoms with Crippen LogP contribution in [0.1, 0.15) is 36.5 Å². The Morgan fingerprint density at radius 1 is 1.11 bits per heavy atom. The predicted octanol–water partition coefficient (Wildman–Crippen LogP) is 5.65. The number of aryl methyl sites for hydroxylation is 1. The minimum atomic E-state index is 0.437. The SMILES string of the molecule is Cc1ccc(C(C)C)c(Oc2cccc(CCl)c2)c1. The zero-order valence-corrected chi connectivity index (χ0v) is 12.4. The van der Waals surface area contributed by atoms with Crippen molar-refractivity contribution in [2.24, 2.45) is 0 Å². The Hall–Kier alpha value is -1.47. The summed E-state index contributed by atoms with van der Waals surface area (Å²) in [7, 11) is 0. The minimum absolute atomic E-state index is 0.437. The lowest BCUT2D eigenvalue weighted by Crippen LogP contribution is -1.95. The third kappa shape index (κ3) is 3.51. The van der Waals surface area contributed by atoms with Crippen LogP contribution in [-0.2, 0) is 5.88 Å². The van der Waals surface area contributed by atoms with Crippen molar-refractivity contribution in [2.75, 3.05) is 0 Å². The molecule has 0 fully saturated rings. The van der Waals surface area contributed by atoms with E-state index in [2.05, 4.69) is 39.0 Å². The van der Waals surface area contributed by atoms with Gasteiger partial charge in [-0.15, -0.1) is 11.6 Å². The Labute approximate surface area is 120 Å². The fraction of sp³-hybridized carbons (Fsp3) is 0.294. The first-order valence-electron chi connectivity index (χ1n) is 6.53. The molecule has 2 aromatic carbocycles. The molecule has 0 saturated carbocycles. The van der Waals surface area contributed by atoms with Crippen molar-refractivity contribution < 1.29 is 4.74 Å². The molecule has 0 saturated heterocycles. The zero-order chi connectivity index (χ0) is 13.8. The molecule has 0 heterocycles. The maximum absolute atomic E-state index is 6.04. The standard InChI is InChI=1S/C17H19ClO/c1-12(2)16-8-7-13(3)9-17(16)19-15-6-4-5-14(10-15)11-18/h4-10,12H,11H2,1-3H3. The van der Waals surface area contributed by atoms with Crippen LogP contribution in [0.15, 0.2) is 42.5 Å². The van der Waals surface area contributed by atoms with Crippen molar-refractivity contribution >= 4 is 11.6 Å². The van der Waals surface area contributed by atoms with Crippen molar-refractivity contribution in [3.05, 3.63) is 59.2 Å². The van der Waals surface area contributed by atoms with Crippen molar-refractivity contribution in [1.29, 1.82) is 0 Å². The molecule has 2 heteroatoms. The average Bonchev–Trinajstić information content (AvgIpc) is 2.38. The van der Waals surface area contributed by atoms with E-state index >= 15 is 0 Å². The molecular formula is C17H19ClO. The molecule has 0 unspecified atom stereocenters. The molecule has 0 atom stereocenters. The van der Waals surface area contributed by atoms with Crippen LogP contribution >= 0.6 is 11.6 Å². The molecule has 0 aliphatic heterocycles. The van der Waals surface area contributed by atoms with Gasteiger partial charge in [0.15, 0.2) is 0 Å². The Morgan fingerprint density at radius 3 is 2.58 bits per heavy atom. The Bertz CT molecular complexity index is 561. The molecule has 0 aliphatic carbocycles. The first kappa shape index (κ1) is 14.0. The van der Waals surface area contributed by atoms with Crippen molar-refractivity contribution in [3.8, 4) is 11.5 Å². The maximum atomic E-state index is 6.04. The highest BCUT2D eigenvalue weighted by Crippen LogP contribution is 2.31. The molecule has 100 valence electrons. The summed E-state index contributed by atoms with van der Waals surface area (Å²) in [5.74, 6) is 2.71. The molecule has 1 nitrogen and oxygen atoms in total. The largest absolute Gasteiger partial charge is 0.457 e. The summed E-state index contributed by atoms with van der Waals surface area (Å²) >= 11 is 5.85. The predicted molar refractivity (Wildman–Crippen MR) is 81.3 cm³/mol. The lowest BCUT2D eigenvalue weighted by molar-refractivity contribution is 0.472. The number of benzene rings is 2. The number of alkyl halides is 1. The van der Waals surface area contributed by atoms with Gasteiger partial charge in [-0.1, -0.05) is 38.1 Å². The third-order valence-electron chi connectivity index (χ3n) is 3.07. The molecule has 0 aliphatic rings. The van der Waals surface area contributed by atoms with E-state index in [1.807, 2.05) is 24.3 Å². The monoisotopic (exact) mass is 274 g/mol. The van der Waals surface area contributed by atoms with E-state index in [4.69, 9.17) is 16.3 Å². The summed E-state index contributed by atoms with van der Waals surface area (Å²) in [4.78, 5) is 0. The van der Waals surface area contributed by atoms with Gasteiger partial charge in [0.1, 0.15) is 11.5 Å². The van der Waals surface area contributed by atoms with Crippen LogP contribution in [0.5, 0.6) is 11.5 Å². The Morgan fingerprint density at radius 2 is 1.89 bits per heavy atom. The first-order chi connectivity index (χ1) is 9.10. The normalized spacial score (nSPS) is 10.8. The maximum Gasteiger partial charge on any atom is 0.131 e. The smallest absolute Gasteiger partial charge is 0.131 e. The van der Waals surface area contributed by atoms with Gasteiger partial charge < -0.3 is 4.74 Å². The summed E-state index contributed by atoms with van der Waals surface area (Å²) < 4.78 is 6.04. The van der Waals surface area contributed by atoms with Crippen LogP contribution in [0.2, 0.25) is 0 Å². The molecular weight excluding hydrogens is 256 g/mol. The molecule has 0 aromatic heterocycles. The van der Waals surface area contributed by atoms with Crippen LogP contribution < -0.4 is 4.74 Å². The van der Waals surface area contributed by atoms with Crippen LogP contribution in [-0.4, -0.2) is 0 Å². The highest BCUT2D eigenvalue weighted by molar-refractivity contribution is 6.17. The average molecular weight is 275 g/mol. The van der Waals surface area contributed by atoms with E-state index in [0.717, 1.165) is 17.1 Å². The number of halogens is 1. The van der Waals surface area contributed by atoms with Gasteiger partial charge >= 0.3 is 0 Å². The van der Waals surface area contributed by atoms with Gasteiger partial charge in [-0.3, -0.25) is 0 Å². The number of hydrogen-bond donors (Lipinski definition) is 0. The van der Waals surface area contributed by atoms with Crippen molar-refractivity contribution in [1.82, 2.24) is 0 Å². The first-order valence-corrected chi connectivity index (χ1v) is 7.07. The lowest BCUT2D eigenvalue weighted by Gasteiger charge is -2.15. The van der Waals surface area contributed by atoms with Gasteiger partial charge in [-0.05, 0) is 47.7 Å². The highest BCUT2D eigenvalue weighted by Gasteiger charge is 2.09. The quantitative estimate of drug-likeness (QED) is 0.655. The summed E-state index contributed by atoms with van der Waals surface area (Å²) in [6.45, 7) is 6.42. The van der Waals surface area contributed by atoms with E-state index in [0.29, 0.717) is 11.8 Å². The van der Waals surface area contributed by atoms with Gasteiger partial charge in [0, 0.05) is 5.88 Å². The van der Waals surface area contributed by atoms with Gasteiger partial charge in [0.2, 0.25) is 0 Å². The summed E-state index contributed by atoms with van der Waals surface area (Å²) in [5, 5.41) is 0. The van der Waals surface area contributed by atoms with E-state index in [9.17, 15) is 0 Å². The molecule has 0 bridgehead atoms. The van der Waals surface area contributed by atoms with Crippen molar-refractivity contribution in [2.45, 2.75) is 32.6 Å². The molecule has 0 N–H and O–H groups in total. The van der Waals surface area contributed by atoms with Gasteiger partial charge in [0.05, 0.1) is 0 Å². The van der Waals surface area contributed by atoms with Crippen LogP contribution in [0, 0.1) is 6.92 Å². The highest BCUT2D eigenvalue weighted by atomic mass is 35.5. The van der Waals surface area contributed by atoms with E-state index < -0.39 is 0 Å². The molecule has 2 rings (SSSR count). The van der Waals surface area contributed by atoms with Gasteiger partial charge in [0.25, 0.3) is 0 Å². The molecule has 0 radical (unpaired) electrons. The van der Waals surface area contributed by atoms with E-state index in [-0.39, 0.29) is 0 Å². The van der Waals surface area contributed by atoms with Crippen LogP contribution in [0.4, 0.5) is 0 Å². The third-order valence-corrected chi connectivity index (χ3v) is 3.38. The molecule has 2 aromatic rings. The number of ether oxygens (including phenoxy) is 1. The van der Waals surface area contributed by atoms with E-state index in [1.54, 1.807) is 0 Å². The molecule has 0 amide bonds. The van der Waals surface area contributed by atoms with Crippen LogP contribution in [0.25, 0.3) is 0 Å².